The van der Waals surface area contributed by atoms with Crippen LogP contribution in [0.3, 0.4) is 0 Å². The highest BCUT2D eigenvalue weighted by Gasteiger charge is 2.40. The molecule has 19 heavy (non-hydrogen) atoms. The molecule has 4 unspecified atom stereocenters. The van der Waals surface area contributed by atoms with E-state index in [1.165, 1.54) is 19.3 Å². The van der Waals surface area contributed by atoms with Gasteiger partial charge in [-0.25, -0.2) is 8.78 Å². The van der Waals surface area contributed by atoms with E-state index in [4.69, 9.17) is 5.73 Å². The second kappa shape index (κ2) is 4.85. The SMILES string of the molecule is Nc1cc(F)c(S(=O)CC2CC3CCC2C3)c(F)c1. The lowest BCUT2D eigenvalue weighted by molar-refractivity contribution is 0.363. The van der Waals surface area contributed by atoms with Crippen molar-refractivity contribution >= 4 is 16.5 Å². The number of benzene rings is 1. The predicted octanol–water partition coefficient (Wildman–Crippen LogP) is 3.09. The fourth-order valence-corrected chi connectivity index (χ4v) is 5.17. The Morgan fingerprint density at radius 1 is 1.21 bits per heavy atom. The maximum atomic E-state index is 13.7. The predicted molar refractivity (Wildman–Crippen MR) is 71.0 cm³/mol. The number of anilines is 1. The van der Waals surface area contributed by atoms with Gasteiger partial charge < -0.3 is 5.73 Å². The van der Waals surface area contributed by atoms with Crippen molar-refractivity contribution in [2.75, 3.05) is 11.5 Å². The van der Waals surface area contributed by atoms with Crippen molar-refractivity contribution in [2.24, 2.45) is 17.8 Å². The third-order valence-corrected chi connectivity index (χ3v) is 6.07. The van der Waals surface area contributed by atoms with Crippen molar-refractivity contribution in [3.05, 3.63) is 23.8 Å². The van der Waals surface area contributed by atoms with Crippen LogP contribution in [-0.2, 0) is 10.8 Å². The summed E-state index contributed by atoms with van der Waals surface area (Å²) in [6, 6.07) is 2.08. The molecule has 0 heterocycles. The van der Waals surface area contributed by atoms with E-state index in [-0.39, 0.29) is 10.6 Å². The number of fused-ring (bicyclic) bond motifs is 2. The molecule has 0 saturated heterocycles. The van der Waals surface area contributed by atoms with Gasteiger partial charge in [-0.1, -0.05) is 6.42 Å². The summed E-state index contributed by atoms with van der Waals surface area (Å²) < 4.78 is 39.6. The summed E-state index contributed by atoms with van der Waals surface area (Å²) in [6.45, 7) is 0. The summed E-state index contributed by atoms with van der Waals surface area (Å²) >= 11 is 0. The molecule has 2 bridgehead atoms. The Hall–Kier alpha value is -0.970. The van der Waals surface area contributed by atoms with Crippen LogP contribution in [0.4, 0.5) is 14.5 Å². The van der Waals surface area contributed by atoms with Crippen molar-refractivity contribution in [3.63, 3.8) is 0 Å². The summed E-state index contributed by atoms with van der Waals surface area (Å²) in [7, 11) is -1.61. The highest BCUT2D eigenvalue weighted by atomic mass is 32.2. The van der Waals surface area contributed by atoms with Crippen molar-refractivity contribution in [3.8, 4) is 0 Å². The van der Waals surface area contributed by atoms with E-state index in [0.29, 0.717) is 17.6 Å². The molecule has 5 heteroatoms. The number of halogens is 2. The van der Waals surface area contributed by atoms with Gasteiger partial charge >= 0.3 is 0 Å². The van der Waals surface area contributed by atoms with Crippen LogP contribution in [0.25, 0.3) is 0 Å². The summed E-state index contributed by atoms with van der Waals surface area (Å²) in [6.07, 6.45) is 4.71. The number of nitrogen functional groups attached to an aromatic ring is 1. The van der Waals surface area contributed by atoms with Crippen LogP contribution in [0.2, 0.25) is 0 Å². The van der Waals surface area contributed by atoms with Gasteiger partial charge in [0.2, 0.25) is 0 Å². The molecule has 4 atom stereocenters. The Balaban J connectivity index is 1.77. The normalized spacial score (nSPS) is 30.7. The summed E-state index contributed by atoms with van der Waals surface area (Å²) in [5.74, 6) is 0.495. The molecular formula is C14H17F2NOS. The largest absolute Gasteiger partial charge is 0.399 e. The molecule has 1 aromatic carbocycles. The first-order valence-electron chi connectivity index (χ1n) is 6.67. The van der Waals surface area contributed by atoms with Crippen LogP contribution >= 0.6 is 0 Å². The van der Waals surface area contributed by atoms with Crippen LogP contribution < -0.4 is 5.73 Å². The van der Waals surface area contributed by atoms with E-state index >= 15 is 0 Å². The maximum Gasteiger partial charge on any atom is 0.144 e. The molecule has 0 aromatic heterocycles. The quantitative estimate of drug-likeness (QED) is 0.867. The lowest BCUT2D eigenvalue weighted by Crippen LogP contribution is -2.19. The molecule has 2 fully saturated rings. The van der Waals surface area contributed by atoms with E-state index in [1.807, 2.05) is 0 Å². The molecule has 2 saturated carbocycles. The van der Waals surface area contributed by atoms with Crippen LogP contribution in [0.1, 0.15) is 25.7 Å². The van der Waals surface area contributed by atoms with E-state index in [2.05, 4.69) is 0 Å². The average Bonchev–Trinajstić information content (AvgIpc) is 2.89. The molecule has 2 nitrogen and oxygen atoms in total. The molecule has 104 valence electrons. The summed E-state index contributed by atoms with van der Waals surface area (Å²) in [5, 5.41) is 0. The minimum atomic E-state index is -1.61. The van der Waals surface area contributed by atoms with Gasteiger partial charge in [0.15, 0.2) is 0 Å². The highest BCUT2D eigenvalue weighted by molar-refractivity contribution is 7.85. The molecule has 0 spiro atoms. The molecule has 2 aliphatic carbocycles. The zero-order valence-electron chi connectivity index (χ0n) is 10.6. The first kappa shape index (κ1) is 13.0. The van der Waals surface area contributed by atoms with Crippen LogP contribution in [0.5, 0.6) is 0 Å². The molecule has 0 radical (unpaired) electrons. The van der Waals surface area contributed by atoms with Gasteiger partial charge in [-0.05, 0) is 49.1 Å². The van der Waals surface area contributed by atoms with Gasteiger partial charge in [-0.3, -0.25) is 4.21 Å². The first-order valence-corrected chi connectivity index (χ1v) is 7.99. The zero-order valence-corrected chi connectivity index (χ0v) is 11.4. The van der Waals surface area contributed by atoms with Crippen molar-refractivity contribution in [1.29, 1.82) is 0 Å². The average molecular weight is 285 g/mol. The van der Waals surface area contributed by atoms with Crippen molar-refractivity contribution in [1.82, 2.24) is 0 Å². The van der Waals surface area contributed by atoms with E-state index in [0.717, 1.165) is 24.5 Å². The van der Waals surface area contributed by atoms with Gasteiger partial charge in [-0.2, -0.15) is 0 Å². The first-order chi connectivity index (χ1) is 9.04. The fraction of sp³-hybridized carbons (Fsp3) is 0.571. The van der Waals surface area contributed by atoms with E-state index in [1.54, 1.807) is 0 Å². The lowest BCUT2D eigenvalue weighted by atomic mass is 9.90. The minimum absolute atomic E-state index is 0.0238. The van der Waals surface area contributed by atoms with Gasteiger partial charge in [0, 0.05) is 11.4 Å². The molecule has 0 aliphatic heterocycles. The van der Waals surface area contributed by atoms with Crippen molar-refractivity contribution in [2.45, 2.75) is 30.6 Å². The van der Waals surface area contributed by atoms with Gasteiger partial charge in [0.25, 0.3) is 0 Å². The van der Waals surface area contributed by atoms with Crippen LogP contribution in [-0.4, -0.2) is 9.96 Å². The second-order valence-corrected chi connectivity index (χ2v) is 7.19. The summed E-state index contributed by atoms with van der Waals surface area (Å²) in [5.41, 5.74) is 5.39. The Morgan fingerprint density at radius 2 is 1.89 bits per heavy atom. The van der Waals surface area contributed by atoms with Gasteiger partial charge in [0.05, 0.1) is 10.8 Å². The third-order valence-electron chi connectivity index (χ3n) is 4.50. The van der Waals surface area contributed by atoms with Gasteiger partial charge in [-0.15, -0.1) is 0 Å². The van der Waals surface area contributed by atoms with Crippen LogP contribution in [0.15, 0.2) is 17.0 Å². The van der Waals surface area contributed by atoms with Gasteiger partial charge in [0.1, 0.15) is 16.5 Å². The molecule has 2 aliphatic rings. The second-order valence-electron chi connectivity index (χ2n) is 5.76. The number of hydrogen-bond acceptors (Lipinski definition) is 2. The van der Waals surface area contributed by atoms with Crippen molar-refractivity contribution < 1.29 is 13.0 Å². The molecular weight excluding hydrogens is 268 g/mol. The topological polar surface area (TPSA) is 43.1 Å². The number of rotatable bonds is 3. The Bertz CT molecular complexity index is 511. The molecule has 2 N–H and O–H groups in total. The zero-order chi connectivity index (χ0) is 13.6. The monoisotopic (exact) mass is 285 g/mol. The standard InChI is InChI=1S/C14H17F2NOS/c15-12-5-11(17)6-13(16)14(12)19(18)7-10-4-8-1-2-9(10)3-8/h5-6,8-10H,1-4,7,17H2. The van der Waals surface area contributed by atoms with E-state index < -0.39 is 22.4 Å². The minimum Gasteiger partial charge on any atom is -0.399 e. The molecule has 1 aromatic rings. The smallest absolute Gasteiger partial charge is 0.144 e. The fourth-order valence-electron chi connectivity index (χ4n) is 3.66. The summed E-state index contributed by atoms with van der Waals surface area (Å²) in [4.78, 5) is -0.308. The highest BCUT2D eigenvalue weighted by Crippen LogP contribution is 2.48. The number of nitrogens with two attached hydrogens (primary N) is 1. The third kappa shape index (κ3) is 2.40. The Labute approximate surface area is 113 Å². The van der Waals surface area contributed by atoms with E-state index in [9.17, 15) is 13.0 Å². The maximum absolute atomic E-state index is 13.7. The Morgan fingerprint density at radius 3 is 2.42 bits per heavy atom. The molecule has 3 rings (SSSR count). The van der Waals surface area contributed by atoms with Crippen LogP contribution in [0, 0.1) is 29.4 Å². The molecule has 0 amide bonds. The lowest BCUT2D eigenvalue weighted by Gasteiger charge is -2.21. The number of hydrogen-bond donors (Lipinski definition) is 1. The Kier molecular flexibility index (Phi) is 3.33.